The Morgan fingerprint density at radius 3 is 2.82 bits per heavy atom. The Morgan fingerprint density at radius 1 is 1.73 bits per heavy atom. The summed E-state index contributed by atoms with van der Waals surface area (Å²) in [6, 6.07) is 0. The third-order valence-electron chi connectivity index (χ3n) is 2.07. The molecule has 0 saturated carbocycles. The van der Waals surface area contributed by atoms with Gasteiger partial charge in [0.15, 0.2) is 0 Å². The van der Waals surface area contributed by atoms with Gasteiger partial charge in [-0.3, -0.25) is 0 Å². The maximum absolute atomic E-state index is 5.07. The Balaban J connectivity index is 2.70. The lowest BCUT2D eigenvalue weighted by atomic mass is 9.84. The van der Waals surface area contributed by atoms with Crippen molar-refractivity contribution in [3.8, 4) is 0 Å². The molecule has 0 bridgehead atoms. The second-order valence-corrected chi connectivity index (χ2v) is 3.06. The highest BCUT2D eigenvalue weighted by Crippen LogP contribution is 2.29. The van der Waals surface area contributed by atoms with Crippen LogP contribution in [0.1, 0.15) is 13.3 Å². The topological polar surface area (TPSA) is 9.23 Å². The largest absolute Gasteiger partial charge is 0.497 e. The van der Waals surface area contributed by atoms with E-state index in [1.165, 1.54) is 0 Å². The molecule has 0 aliphatic heterocycles. The van der Waals surface area contributed by atoms with Crippen molar-refractivity contribution >= 4 is 0 Å². The van der Waals surface area contributed by atoms with Gasteiger partial charge in [0.2, 0.25) is 0 Å². The van der Waals surface area contributed by atoms with Gasteiger partial charge in [0.1, 0.15) is 5.76 Å². The van der Waals surface area contributed by atoms with Crippen LogP contribution in [-0.2, 0) is 4.74 Å². The van der Waals surface area contributed by atoms with Crippen molar-refractivity contribution in [3.05, 3.63) is 36.6 Å². The zero-order valence-corrected chi connectivity index (χ0v) is 7.13. The minimum Gasteiger partial charge on any atom is -0.497 e. The molecule has 1 aliphatic carbocycles. The predicted molar refractivity (Wildman–Crippen MR) is 47.2 cm³/mol. The second kappa shape index (κ2) is 2.95. The Kier molecular flexibility index (Phi) is 2.18. The maximum Gasteiger partial charge on any atom is 0.114 e. The molecule has 0 aromatic rings. The zero-order chi connectivity index (χ0) is 8.32. The molecule has 0 spiro atoms. The molecule has 1 rings (SSSR count). The van der Waals surface area contributed by atoms with Crippen LogP contribution in [0.4, 0.5) is 0 Å². The van der Waals surface area contributed by atoms with E-state index in [2.05, 4.69) is 25.7 Å². The Bertz CT molecular complexity index is 213. The fourth-order valence-corrected chi connectivity index (χ4v) is 1.03. The monoisotopic (exact) mass is 150 g/mol. The molecule has 11 heavy (non-hydrogen) atoms. The van der Waals surface area contributed by atoms with Gasteiger partial charge < -0.3 is 4.74 Å². The van der Waals surface area contributed by atoms with Gasteiger partial charge in [0, 0.05) is 5.41 Å². The fraction of sp³-hybridized carbons (Fsp3) is 0.400. The summed E-state index contributed by atoms with van der Waals surface area (Å²) in [5, 5.41) is 0. The smallest absolute Gasteiger partial charge is 0.114 e. The number of rotatable bonds is 2. The first-order valence-electron chi connectivity index (χ1n) is 3.77. The molecular formula is C10H14O. The van der Waals surface area contributed by atoms with Crippen molar-refractivity contribution in [1.82, 2.24) is 0 Å². The normalized spacial score (nSPS) is 29.5. The lowest BCUT2D eigenvalue weighted by molar-refractivity contribution is 0.299. The van der Waals surface area contributed by atoms with Crippen molar-refractivity contribution in [2.45, 2.75) is 13.3 Å². The van der Waals surface area contributed by atoms with Gasteiger partial charge in [0.05, 0.1) is 7.11 Å². The first-order chi connectivity index (χ1) is 5.20. The third-order valence-corrected chi connectivity index (χ3v) is 2.07. The summed E-state index contributed by atoms with van der Waals surface area (Å²) in [6.07, 6.45) is 9.15. The molecule has 0 aromatic carbocycles. The van der Waals surface area contributed by atoms with Crippen molar-refractivity contribution in [1.29, 1.82) is 0 Å². The van der Waals surface area contributed by atoms with E-state index in [0.29, 0.717) is 0 Å². The fourth-order valence-electron chi connectivity index (χ4n) is 1.03. The molecule has 0 aromatic heterocycles. The molecule has 0 heterocycles. The summed E-state index contributed by atoms with van der Waals surface area (Å²) in [6.45, 7) is 5.94. The highest BCUT2D eigenvalue weighted by molar-refractivity contribution is 5.24. The van der Waals surface area contributed by atoms with Gasteiger partial charge in [-0.2, -0.15) is 0 Å². The minimum absolute atomic E-state index is 0.127. The molecule has 0 amide bonds. The van der Waals surface area contributed by atoms with Crippen LogP contribution in [0.25, 0.3) is 0 Å². The molecule has 1 aliphatic rings. The molecule has 0 fully saturated rings. The van der Waals surface area contributed by atoms with Gasteiger partial charge in [0.25, 0.3) is 0 Å². The first kappa shape index (κ1) is 8.12. The van der Waals surface area contributed by atoms with E-state index in [-0.39, 0.29) is 5.41 Å². The summed E-state index contributed by atoms with van der Waals surface area (Å²) < 4.78 is 5.07. The van der Waals surface area contributed by atoms with Crippen molar-refractivity contribution < 1.29 is 4.74 Å². The third kappa shape index (κ3) is 1.73. The van der Waals surface area contributed by atoms with Crippen LogP contribution in [0.2, 0.25) is 0 Å². The van der Waals surface area contributed by atoms with Gasteiger partial charge in [-0.1, -0.05) is 19.1 Å². The van der Waals surface area contributed by atoms with Crippen LogP contribution in [0, 0.1) is 5.41 Å². The van der Waals surface area contributed by atoms with Crippen LogP contribution in [0.15, 0.2) is 36.6 Å². The number of methoxy groups -OCH3 is 1. The summed E-state index contributed by atoms with van der Waals surface area (Å²) >= 11 is 0. The predicted octanol–water partition coefficient (Wildman–Crippen LogP) is 2.67. The van der Waals surface area contributed by atoms with E-state index < -0.39 is 0 Å². The summed E-state index contributed by atoms with van der Waals surface area (Å²) in [5.41, 5.74) is 0.127. The molecule has 0 radical (unpaired) electrons. The van der Waals surface area contributed by atoms with Crippen LogP contribution in [-0.4, -0.2) is 7.11 Å². The van der Waals surface area contributed by atoms with Crippen molar-refractivity contribution in [2.24, 2.45) is 5.41 Å². The quantitative estimate of drug-likeness (QED) is 0.550. The number of hydrogen-bond donors (Lipinski definition) is 0. The molecule has 0 N–H and O–H groups in total. The van der Waals surface area contributed by atoms with Gasteiger partial charge in [-0.25, -0.2) is 0 Å². The van der Waals surface area contributed by atoms with Crippen molar-refractivity contribution in [3.63, 3.8) is 0 Å². The zero-order valence-electron chi connectivity index (χ0n) is 7.13. The molecule has 1 heteroatoms. The lowest BCUT2D eigenvalue weighted by Gasteiger charge is -2.23. The molecule has 1 nitrogen and oxygen atoms in total. The van der Waals surface area contributed by atoms with E-state index in [1.54, 1.807) is 7.11 Å². The van der Waals surface area contributed by atoms with Crippen LogP contribution in [0.5, 0.6) is 0 Å². The standard InChI is InChI=1S/C10H14O/c1-4-10(2)7-5-9(11-3)6-8-10/h4-7H,1,8H2,2-3H3. The van der Waals surface area contributed by atoms with Crippen molar-refractivity contribution in [2.75, 3.05) is 7.11 Å². The Hall–Kier alpha value is -0.980. The number of ether oxygens (including phenoxy) is 1. The summed E-state index contributed by atoms with van der Waals surface area (Å²) in [7, 11) is 1.69. The number of allylic oxidation sites excluding steroid dienone is 4. The minimum atomic E-state index is 0.127. The Labute approximate surface area is 68.1 Å². The summed E-state index contributed by atoms with van der Waals surface area (Å²) in [4.78, 5) is 0. The van der Waals surface area contributed by atoms with Gasteiger partial charge in [-0.05, 0) is 18.6 Å². The maximum atomic E-state index is 5.07. The SMILES string of the molecule is C=CC1(C)C=CC(OC)=CC1. The second-order valence-electron chi connectivity index (χ2n) is 3.06. The van der Waals surface area contributed by atoms with E-state index in [1.807, 2.05) is 12.2 Å². The van der Waals surface area contributed by atoms with E-state index in [0.717, 1.165) is 12.2 Å². The summed E-state index contributed by atoms with van der Waals surface area (Å²) in [5.74, 6) is 0.948. The van der Waals surface area contributed by atoms with E-state index in [9.17, 15) is 0 Å². The molecule has 60 valence electrons. The first-order valence-corrected chi connectivity index (χ1v) is 3.77. The molecule has 1 atom stereocenters. The highest BCUT2D eigenvalue weighted by atomic mass is 16.5. The molecular weight excluding hydrogens is 136 g/mol. The van der Waals surface area contributed by atoms with Crippen LogP contribution in [0.3, 0.4) is 0 Å². The van der Waals surface area contributed by atoms with E-state index in [4.69, 9.17) is 4.74 Å². The van der Waals surface area contributed by atoms with Crippen LogP contribution >= 0.6 is 0 Å². The molecule has 1 unspecified atom stereocenters. The Morgan fingerprint density at radius 2 is 2.45 bits per heavy atom. The average Bonchev–Trinajstić information content (AvgIpc) is 2.06. The average molecular weight is 150 g/mol. The van der Waals surface area contributed by atoms with E-state index >= 15 is 0 Å². The highest BCUT2D eigenvalue weighted by Gasteiger charge is 2.17. The van der Waals surface area contributed by atoms with Gasteiger partial charge >= 0.3 is 0 Å². The van der Waals surface area contributed by atoms with Crippen LogP contribution < -0.4 is 0 Å². The lowest BCUT2D eigenvalue weighted by Crippen LogP contribution is -2.10. The number of hydrogen-bond acceptors (Lipinski definition) is 1. The van der Waals surface area contributed by atoms with Gasteiger partial charge in [-0.15, -0.1) is 6.58 Å². The molecule has 0 saturated heterocycles.